The van der Waals surface area contributed by atoms with Crippen LogP contribution in [0.3, 0.4) is 0 Å². The fourth-order valence-electron chi connectivity index (χ4n) is 2.83. The van der Waals surface area contributed by atoms with Crippen LogP contribution in [-0.2, 0) is 35.5 Å². The molecule has 3 aromatic rings. The van der Waals surface area contributed by atoms with E-state index in [-0.39, 0.29) is 53.0 Å². The van der Waals surface area contributed by atoms with Crippen LogP contribution in [0, 0.1) is 0 Å². The zero-order valence-corrected chi connectivity index (χ0v) is 18.9. The Kier molecular flexibility index (Phi) is 10.6. The summed E-state index contributed by atoms with van der Waals surface area (Å²) in [6.07, 6.45) is 0.132. The van der Waals surface area contributed by atoms with Crippen LogP contribution in [-0.4, -0.2) is 40.5 Å². The van der Waals surface area contributed by atoms with Gasteiger partial charge in [-0.25, -0.2) is 0 Å². The van der Waals surface area contributed by atoms with Crippen molar-refractivity contribution < 1.29 is 45.1 Å². The van der Waals surface area contributed by atoms with E-state index in [4.69, 9.17) is 5.11 Å². The second kappa shape index (κ2) is 11.8. The summed E-state index contributed by atoms with van der Waals surface area (Å²) in [6.45, 7) is -0.572. The Morgan fingerprint density at radius 3 is 1.90 bits per heavy atom. The number of nitrogens with zero attached hydrogens (tertiary/aromatic N) is 1. The zero-order chi connectivity index (χ0) is 19.4. The summed E-state index contributed by atoms with van der Waals surface area (Å²) in [7, 11) is 0. The van der Waals surface area contributed by atoms with E-state index in [1.807, 2.05) is 6.07 Å². The molecule has 1 unspecified atom stereocenters. The first-order valence-corrected chi connectivity index (χ1v) is 8.27. The molecule has 0 aliphatic rings. The van der Waals surface area contributed by atoms with E-state index in [1.54, 1.807) is 36.4 Å². The number of carboxylic acids is 1. The number of rotatable bonds is 6. The Morgan fingerprint density at radius 1 is 0.900 bits per heavy atom. The molecule has 0 aliphatic heterocycles. The Labute approximate surface area is 183 Å². The number of aliphatic carboxylic acids is 1. The van der Waals surface area contributed by atoms with E-state index in [9.17, 15) is 19.2 Å². The molecule has 1 atom stereocenters. The van der Waals surface area contributed by atoms with Crippen molar-refractivity contribution in [2.45, 2.75) is 12.5 Å². The zero-order valence-electron chi connectivity index (χ0n) is 15.9. The average Bonchev–Trinajstić information content (AvgIpc) is 2.91. The summed E-state index contributed by atoms with van der Waals surface area (Å²) < 4.78 is 0. The molecule has 1 amide bonds. The second-order valence-electron chi connectivity index (χ2n) is 6.00. The van der Waals surface area contributed by atoms with Crippen LogP contribution < -0.4 is 21.5 Å². The number of amides is 1. The first-order valence-electron chi connectivity index (χ1n) is 8.27. The fraction of sp³-hybridized carbons (Fsp3) is 0.150. The standard InChI is InChI=1S/C20H16N2O5.2H2O.Zn/c23-16(24)11-21-20(27)15(10-12-6-2-1-3-7-12)22-17-18(25)13-8-4-5-9-14(13)19(17)26;;;/h1-9,15H,10-11H2,(H,21,27)(H,23,24);2*1H2;. The molecular formula is C20H20N2O7Zn. The second-order valence-corrected chi connectivity index (χ2v) is 6.00. The summed E-state index contributed by atoms with van der Waals surface area (Å²) in [5, 5.41) is 11.2. The Bertz CT molecular complexity index is 1110. The summed E-state index contributed by atoms with van der Waals surface area (Å²) in [4.78, 5) is 52.3. The van der Waals surface area contributed by atoms with E-state index >= 15 is 0 Å². The summed E-state index contributed by atoms with van der Waals surface area (Å²) in [5.74, 6) is -1.86. The maximum Gasteiger partial charge on any atom is 0.322 e. The van der Waals surface area contributed by atoms with Gasteiger partial charge in [0.25, 0.3) is 0 Å². The van der Waals surface area contributed by atoms with E-state index in [2.05, 4.69) is 10.3 Å². The fourth-order valence-corrected chi connectivity index (χ4v) is 2.83. The van der Waals surface area contributed by atoms with Gasteiger partial charge in [-0.05, 0) is 5.56 Å². The number of hydrogen-bond donors (Lipinski definition) is 2. The van der Waals surface area contributed by atoms with Crippen LogP contribution in [0.5, 0.6) is 0 Å². The van der Waals surface area contributed by atoms with Gasteiger partial charge >= 0.3 is 5.97 Å². The monoisotopic (exact) mass is 464 g/mol. The molecule has 0 spiro atoms. The number of nitrogens with one attached hydrogen (secondary N) is 1. The first-order chi connectivity index (χ1) is 13.0. The molecule has 0 aromatic heterocycles. The van der Waals surface area contributed by atoms with Crippen molar-refractivity contribution in [3.05, 3.63) is 86.0 Å². The number of fused-ring (bicyclic) bond motifs is 1. The molecule has 0 fully saturated rings. The number of hydrogen-bond acceptors (Lipinski definition) is 5. The molecule has 154 valence electrons. The van der Waals surface area contributed by atoms with Gasteiger partial charge in [0, 0.05) is 36.7 Å². The van der Waals surface area contributed by atoms with Crippen LogP contribution in [0.25, 0.3) is 10.8 Å². The molecule has 0 radical (unpaired) electrons. The maximum atomic E-state index is 12.5. The van der Waals surface area contributed by atoms with E-state index in [0.717, 1.165) is 5.56 Å². The van der Waals surface area contributed by atoms with Gasteiger partial charge < -0.3 is 21.4 Å². The van der Waals surface area contributed by atoms with Crippen LogP contribution in [0.1, 0.15) is 5.56 Å². The maximum absolute atomic E-state index is 12.5. The molecule has 9 nitrogen and oxygen atoms in total. The molecule has 0 bridgehead atoms. The molecule has 0 heterocycles. The van der Waals surface area contributed by atoms with Gasteiger partial charge in [0.1, 0.15) is 12.6 Å². The summed E-state index contributed by atoms with van der Waals surface area (Å²) in [5.41, 5.74) is -0.285. The van der Waals surface area contributed by atoms with Crippen LogP contribution >= 0.6 is 0 Å². The summed E-state index contributed by atoms with van der Waals surface area (Å²) >= 11 is 0. The quantitative estimate of drug-likeness (QED) is 0.420. The van der Waals surface area contributed by atoms with E-state index in [0.29, 0.717) is 0 Å². The van der Waals surface area contributed by atoms with E-state index < -0.39 is 35.3 Å². The number of carboxylic acid groups (broad SMARTS) is 1. The third-order valence-electron chi connectivity index (χ3n) is 4.12. The van der Waals surface area contributed by atoms with Crippen LogP contribution in [0.2, 0.25) is 0 Å². The average molecular weight is 466 g/mol. The van der Waals surface area contributed by atoms with Gasteiger partial charge in [-0.1, -0.05) is 54.6 Å². The van der Waals surface area contributed by atoms with Crippen molar-refractivity contribution in [1.82, 2.24) is 5.32 Å². The minimum Gasteiger partial charge on any atom is -0.480 e. The molecule has 0 saturated carbocycles. The normalized spacial score (nSPS) is 10.7. The molecule has 6 N–H and O–H groups in total. The molecule has 30 heavy (non-hydrogen) atoms. The van der Waals surface area contributed by atoms with Crippen molar-refractivity contribution in [2.24, 2.45) is 4.99 Å². The van der Waals surface area contributed by atoms with Gasteiger partial charge in [-0.2, -0.15) is 0 Å². The van der Waals surface area contributed by atoms with Gasteiger partial charge in [-0.15, -0.1) is 0 Å². The molecule has 3 aromatic carbocycles. The third kappa shape index (κ3) is 5.96. The molecule has 0 saturated heterocycles. The van der Waals surface area contributed by atoms with Gasteiger partial charge in [0.15, 0.2) is 5.36 Å². The van der Waals surface area contributed by atoms with Gasteiger partial charge in [0.05, 0.1) is 0 Å². The van der Waals surface area contributed by atoms with Gasteiger partial charge in [-0.3, -0.25) is 24.2 Å². The minimum absolute atomic E-state index is 0. The Hall–Kier alpha value is -3.07. The Morgan fingerprint density at radius 2 is 1.40 bits per heavy atom. The van der Waals surface area contributed by atoms with Crippen molar-refractivity contribution >= 4 is 22.6 Å². The minimum atomic E-state index is -1.20. The predicted molar refractivity (Wildman–Crippen MR) is 106 cm³/mol. The van der Waals surface area contributed by atoms with Crippen LogP contribution in [0.15, 0.2) is 69.2 Å². The Balaban J connectivity index is 0.00000280. The third-order valence-corrected chi connectivity index (χ3v) is 4.12. The van der Waals surface area contributed by atoms with Crippen molar-refractivity contribution in [3.63, 3.8) is 0 Å². The number of carbonyl (C=O) groups is 2. The van der Waals surface area contributed by atoms with Gasteiger partial charge in [0.2, 0.25) is 16.8 Å². The number of carbonyl (C=O) groups excluding carboxylic acids is 1. The smallest absolute Gasteiger partial charge is 0.322 e. The molecule has 3 rings (SSSR count). The van der Waals surface area contributed by atoms with Crippen molar-refractivity contribution in [2.75, 3.05) is 6.54 Å². The van der Waals surface area contributed by atoms with E-state index in [1.165, 1.54) is 12.1 Å². The molecule has 0 aliphatic carbocycles. The summed E-state index contributed by atoms with van der Waals surface area (Å²) in [6, 6.07) is 14.2. The topological polar surface area (TPSA) is 176 Å². The predicted octanol–water partition coefficient (Wildman–Crippen LogP) is -1.50. The van der Waals surface area contributed by atoms with Crippen molar-refractivity contribution in [3.8, 4) is 0 Å². The van der Waals surface area contributed by atoms with Crippen molar-refractivity contribution in [1.29, 1.82) is 0 Å². The molecular weight excluding hydrogens is 446 g/mol. The van der Waals surface area contributed by atoms with Crippen LogP contribution in [0.4, 0.5) is 0 Å². The first kappa shape index (κ1) is 26.9. The number of benzene rings is 2. The molecule has 10 heteroatoms. The largest absolute Gasteiger partial charge is 0.480 e. The SMILES string of the molecule is O.O.O=C(O)CNC(=O)C(Cc1ccccc1)N=c1c(=O)c2ccccc2c1=O.[Zn].